The minimum absolute atomic E-state index is 0.00882. The molecule has 1 aromatic carbocycles. The first-order valence-corrected chi connectivity index (χ1v) is 9.34. The molecule has 1 unspecified atom stereocenters. The number of aromatic nitrogens is 2. The quantitative estimate of drug-likeness (QED) is 0.810. The lowest BCUT2D eigenvalue weighted by molar-refractivity contribution is -0.119. The Morgan fingerprint density at radius 1 is 1.35 bits per heavy atom. The van der Waals surface area contributed by atoms with Crippen LogP contribution in [0.2, 0.25) is 5.02 Å². The molecule has 1 aromatic heterocycles. The second-order valence-corrected chi connectivity index (χ2v) is 7.00. The molecule has 0 bridgehead atoms. The summed E-state index contributed by atoms with van der Waals surface area (Å²) in [6, 6.07) is 9.72. The van der Waals surface area contributed by atoms with E-state index in [2.05, 4.69) is 32.4 Å². The third-order valence-electron chi connectivity index (χ3n) is 4.27. The highest BCUT2D eigenvalue weighted by Gasteiger charge is 2.24. The summed E-state index contributed by atoms with van der Waals surface area (Å²) in [4.78, 5) is 22.8. The van der Waals surface area contributed by atoms with Gasteiger partial charge in [-0.05, 0) is 31.0 Å². The maximum Gasteiger partial charge on any atom is 0.229 e. The van der Waals surface area contributed by atoms with Crippen LogP contribution in [-0.2, 0) is 11.2 Å². The van der Waals surface area contributed by atoms with Crippen molar-refractivity contribution in [3.63, 3.8) is 0 Å². The van der Waals surface area contributed by atoms with Gasteiger partial charge in [-0.2, -0.15) is 4.98 Å². The van der Waals surface area contributed by atoms with Crippen LogP contribution in [0.3, 0.4) is 0 Å². The van der Waals surface area contributed by atoms with Crippen molar-refractivity contribution in [2.75, 3.05) is 23.3 Å². The van der Waals surface area contributed by atoms with Crippen molar-refractivity contribution in [2.24, 2.45) is 0 Å². The van der Waals surface area contributed by atoms with E-state index in [9.17, 15) is 4.79 Å². The van der Waals surface area contributed by atoms with Crippen LogP contribution in [0.4, 0.5) is 17.5 Å². The van der Waals surface area contributed by atoms with Crippen molar-refractivity contribution in [2.45, 2.75) is 39.2 Å². The number of carbonyl (C=O) groups is 1. The Bertz CT molecular complexity index is 782. The molecular weight excluding hydrogens is 350 g/mol. The van der Waals surface area contributed by atoms with Gasteiger partial charge < -0.3 is 15.5 Å². The van der Waals surface area contributed by atoms with Gasteiger partial charge in [0, 0.05) is 48.5 Å². The van der Waals surface area contributed by atoms with E-state index in [4.69, 9.17) is 11.6 Å². The molecule has 2 N–H and O–H groups in total. The molecule has 1 aliphatic rings. The first kappa shape index (κ1) is 18.5. The first-order chi connectivity index (χ1) is 12.5. The number of benzene rings is 1. The molecule has 1 amide bonds. The Hall–Kier alpha value is -2.34. The summed E-state index contributed by atoms with van der Waals surface area (Å²) in [6.07, 6.45) is 2.83. The van der Waals surface area contributed by atoms with Crippen LogP contribution >= 0.6 is 11.6 Å². The lowest BCUT2D eigenvalue weighted by Gasteiger charge is -2.19. The summed E-state index contributed by atoms with van der Waals surface area (Å²) in [5.41, 5.74) is 1.86. The smallest absolute Gasteiger partial charge is 0.229 e. The number of nitrogens with zero attached hydrogens (tertiary/aromatic N) is 3. The summed E-state index contributed by atoms with van der Waals surface area (Å²) in [5.74, 6) is 1.46. The molecule has 7 heteroatoms. The van der Waals surface area contributed by atoms with E-state index in [1.807, 2.05) is 30.3 Å². The largest absolute Gasteiger partial charge is 0.354 e. The predicted molar refractivity (Wildman–Crippen MR) is 105 cm³/mol. The second-order valence-electron chi connectivity index (χ2n) is 6.56. The van der Waals surface area contributed by atoms with Gasteiger partial charge in [-0.25, -0.2) is 4.98 Å². The molecule has 0 spiro atoms. The second kappa shape index (κ2) is 8.36. The standard InChI is InChI=1S/C19H24ClN5O/c1-3-5-15-11-18(25-9-8-17(12-25)21-13(2)26)24-19(22-15)23-16-7-4-6-14(20)10-16/h4,6-7,10-11,17H,3,5,8-9,12H2,1-2H3,(H,21,26)(H,22,23,24). The van der Waals surface area contributed by atoms with E-state index in [1.165, 1.54) is 0 Å². The first-order valence-electron chi connectivity index (χ1n) is 8.96. The Kier molecular flexibility index (Phi) is 5.93. The van der Waals surface area contributed by atoms with Gasteiger partial charge in [-0.3, -0.25) is 4.79 Å². The molecule has 2 heterocycles. The zero-order chi connectivity index (χ0) is 18.5. The molecule has 1 atom stereocenters. The van der Waals surface area contributed by atoms with Gasteiger partial charge in [0.05, 0.1) is 0 Å². The Labute approximate surface area is 159 Å². The van der Waals surface area contributed by atoms with Crippen LogP contribution in [0.15, 0.2) is 30.3 Å². The van der Waals surface area contributed by atoms with Crippen molar-refractivity contribution in [1.82, 2.24) is 15.3 Å². The molecule has 0 aliphatic carbocycles. The molecule has 0 radical (unpaired) electrons. The van der Waals surface area contributed by atoms with Crippen molar-refractivity contribution in [1.29, 1.82) is 0 Å². The highest BCUT2D eigenvalue weighted by atomic mass is 35.5. The maximum atomic E-state index is 11.3. The zero-order valence-electron chi connectivity index (χ0n) is 15.1. The van der Waals surface area contributed by atoms with Crippen LogP contribution < -0.4 is 15.5 Å². The molecule has 1 saturated heterocycles. The Balaban J connectivity index is 1.81. The number of hydrogen-bond donors (Lipinski definition) is 2. The monoisotopic (exact) mass is 373 g/mol. The maximum absolute atomic E-state index is 11.3. The van der Waals surface area contributed by atoms with E-state index in [0.717, 1.165) is 49.6 Å². The molecule has 2 aromatic rings. The average molecular weight is 374 g/mol. The molecule has 6 nitrogen and oxygen atoms in total. The fourth-order valence-electron chi connectivity index (χ4n) is 3.15. The summed E-state index contributed by atoms with van der Waals surface area (Å²) in [6.45, 7) is 5.32. The summed E-state index contributed by atoms with van der Waals surface area (Å²) < 4.78 is 0. The van der Waals surface area contributed by atoms with Gasteiger partial charge in [0.1, 0.15) is 5.82 Å². The highest BCUT2D eigenvalue weighted by Crippen LogP contribution is 2.24. The fourth-order valence-corrected chi connectivity index (χ4v) is 3.34. The van der Waals surface area contributed by atoms with E-state index in [1.54, 1.807) is 6.92 Å². The zero-order valence-corrected chi connectivity index (χ0v) is 15.9. The number of aryl methyl sites for hydroxylation is 1. The minimum Gasteiger partial charge on any atom is -0.354 e. The van der Waals surface area contributed by atoms with E-state index in [-0.39, 0.29) is 11.9 Å². The molecule has 1 aliphatic heterocycles. The van der Waals surface area contributed by atoms with Gasteiger partial charge in [-0.15, -0.1) is 0 Å². The number of anilines is 3. The molecule has 0 saturated carbocycles. The summed E-state index contributed by atoms with van der Waals surface area (Å²) >= 11 is 6.06. The minimum atomic E-state index is 0.00882. The number of hydrogen-bond acceptors (Lipinski definition) is 5. The lowest BCUT2D eigenvalue weighted by atomic mass is 10.2. The van der Waals surface area contributed by atoms with Crippen LogP contribution in [-0.4, -0.2) is 35.0 Å². The molecule has 138 valence electrons. The lowest BCUT2D eigenvalue weighted by Crippen LogP contribution is -2.35. The normalized spacial score (nSPS) is 16.6. The number of amides is 1. The van der Waals surface area contributed by atoms with Crippen LogP contribution in [0.25, 0.3) is 0 Å². The predicted octanol–water partition coefficient (Wildman–Crippen LogP) is 3.54. The van der Waals surface area contributed by atoms with Gasteiger partial charge >= 0.3 is 0 Å². The summed E-state index contributed by atoms with van der Waals surface area (Å²) in [5, 5.41) is 6.90. The number of carbonyl (C=O) groups excluding carboxylic acids is 1. The van der Waals surface area contributed by atoms with Crippen molar-refractivity contribution < 1.29 is 4.79 Å². The fraction of sp³-hybridized carbons (Fsp3) is 0.421. The van der Waals surface area contributed by atoms with Crippen LogP contribution in [0, 0.1) is 0 Å². The number of rotatable bonds is 6. The number of halogens is 1. The Morgan fingerprint density at radius 2 is 2.19 bits per heavy atom. The van der Waals surface area contributed by atoms with Crippen LogP contribution in [0.1, 0.15) is 32.4 Å². The third kappa shape index (κ3) is 4.85. The van der Waals surface area contributed by atoms with Crippen LogP contribution in [0.5, 0.6) is 0 Å². The van der Waals surface area contributed by atoms with Crippen molar-refractivity contribution in [3.05, 3.63) is 41.0 Å². The van der Waals surface area contributed by atoms with Gasteiger partial charge in [0.2, 0.25) is 11.9 Å². The summed E-state index contributed by atoms with van der Waals surface area (Å²) in [7, 11) is 0. The van der Waals surface area contributed by atoms with E-state index in [0.29, 0.717) is 11.0 Å². The SMILES string of the molecule is CCCc1cc(N2CCC(NC(C)=O)C2)nc(Nc2cccc(Cl)c2)n1. The van der Waals surface area contributed by atoms with Crippen molar-refractivity contribution >= 4 is 35.0 Å². The van der Waals surface area contributed by atoms with E-state index >= 15 is 0 Å². The average Bonchev–Trinajstić information content (AvgIpc) is 3.03. The van der Waals surface area contributed by atoms with Gasteiger partial charge in [0.15, 0.2) is 0 Å². The number of nitrogens with one attached hydrogen (secondary N) is 2. The Morgan fingerprint density at radius 3 is 2.92 bits per heavy atom. The van der Waals surface area contributed by atoms with E-state index < -0.39 is 0 Å². The van der Waals surface area contributed by atoms with Gasteiger partial charge in [0.25, 0.3) is 0 Å². The molecular formula is C19H24ClN5O. The van der Waals surface area contributed by atoms with Crippen molar-refractivity contribution in [3.8, 4) is 0 Å². The molecule has 3 rings (SSSR count). The van der Waals surface area contributed by atoms with Gasteiger partial charge in [-0.1, -0.05) is 31.0 Å². The third-order valence-corrected chi connectivity index (χ3v) is 4.51. The highest BCUT2D eigenvalue weighted by molar-refractivity contribution is 6.30. The molecule has 26 heavy (non-hydrogen) atoms. The molecule has 1 fully saturated rings. The topological polar surface area (TPSA) is 70.2 Å².